The van der Waals surface area contributed by atoms with E-state index in [1.54, 1.807) is 36.4 Å². The first-order valence-corrected chi connectivity index (χ1v) is 10.7. The highest BCUT2D eigenvalue weighted by atomic mass is 33.2. The van der Waals surface area contributed by atoms with Gasteiger partial charge in [-0.2, -0.15) is 0 Å². The molecule has 0 aliphatic rings. The van der Waals surface area contributed by atoms with Crippen molar-refractivity contribution in [3.8, 4) is 0 Å². The minimum atomic E-state index is -1.05. The van der Waals surface area contributed by atoms with Crippen LogP contribution < -0.4 is 0 Å². The van der Waals surface area contributed by atoms with Crippen LogP contribution in [0.5, 0.6) is 0 Å². The molecule has 0 bridgehead atoms. The normalized spacial score (nSPS) is 10.2. The molecule has 2 aromatic rings. The second-order valence-corrected chi connectivity index (χ2v) is 9.96. The number of aromatic carboxylic acids is 2. The molecule has 2 aromatic carbocycles. The highest BCUT2D eigenvalue weighted by molar-refractivity contribution is 8.58. The summed E-state index contributed by atoms with van der Waals surface area (Å²) in [4.78, 5) is 24.0. The number of hydrogen-bond acceptors (Lipinski definition) is 3. The van der Waals surface area contributed by atoms with Gasteiger partial charge in [0.15, 0.2) is 0 Å². The quantitative estimate of drug-likeness (QED) is 0.865. The van der Waals surface area contributed by atoms with Crippen LogP contribution in [-0.2, 0) is 38.4 Å². The smallest absolute Gasteiger partial charge is 0.336 e. The Kier molecular flexibility index (Phi) is 5.78. The number of rotatable bonds is 4. The van der Waals surface area contributed by atoms with Crippen molar-refractivity contribution in [1.29, 1.82) is 0 Å². The maximum Gasteiger partial charge on any atom is 0.336 e. The summed E-state index contributed by atoms with van der Waals surface area (Å²) in [6, 6.07) is 13.2. The molecule has 0 saturated carbocycles. The molecule has 114 valence electrons. The first kappa shape index (κ1) is 16.8. The zero-order valence-corrected chi connectivity index (χ0v) is 14.2. The van der Waals surface area contributed by atoms with Gasteiger partial charge in [0, 0.05) is 9.79 Å². The van der Waals surface area contributed by atoms with Gasteiger partial charge >= 0.3 is 11.9 Å². The predicted octanol–water partition coefficient (Wildman–Crippen LogP) is 2.58. The molecule has 0 saturated heterocycles. The van der Waals surface area contributed by atoms with Gasteiger partial charge in [-0.05, 0) is 53.2 Å². The van der Waals surface area contributed by atoms with E-state index in [0.29, 0.717) is 9.79 Å². The highest BCUT2D eigenvalue weighted by Crippen LogP contribution is 2.24. The molecule has 4 nitrogen and oxygen atoms in total. The van der Waals surface area contributed by atoms with Crippen LogP contribution in [0.3, 0.4) is 0 Å². The van der Waals surface area contributed by atoms with Crippen LogP contribution in [0.4, 0.5) is 0 Å². The summed E-state index contributed by atoms with van der Waals surface area (Å²) < 4.78 is 0. The van der Waals surface area contributed by atoms with Crippen molar-refractivity contribution in [3.63, 3.8) is 0 Å². The van der Waals surface area contributed by atoms with E-state index in [1.165, 1.54) is 21.0 Å². The average Bonchev–Trinajstić information content (AvgIpc) is 2.52. The lowest BCUT2D eigenvalue weighted by Gasteiger charge is -2.12. The van der Waals surface area contributed by atoms with Crippen molar-refractivity contribution in [2.24, 2.45) is 0 Å². The lowest BCUT2D eigenvalue weighted by molar-refractivity contribution is 0.0683. The van der Waals surface area contributed by atoms with Crippen LogP contribution in [-0.4, -0.2) is 22.2 Å². The number of hydrogen-bond donors (Lipinski definition) is 2. The fourth-order valence-corrected chi connectivity index (χ4v) is 8.18. The molecule has 0 heterocycles. The molecule has 0 aliphatic carbocycles. The molecule has 0 aliphatic heterocycles. The van der Waals surface area contributed by atoms with E-state index in [0.717, 1.165) is 8.88 Å². The molecule has 0 fully saturated rings. The molecule has 0 radical (unpaired) electrons. The molecule has 8 heteroatoms. The summed E-state index contributed by atoms with van der Waals surface area (Å²) in [5.74, 6) is -2.09. The van der Waals surface area contributed by atoms with Crippen LogP contribution in [0.1, 0.15) is 20.7 Å². The van der Waals surface area contributed by atoms with Gasteiger partial charge in [0.2, 0.25) is 0 Å². The number of carboxylic acid groups (broad SMARTS) is 2. The van der Waals surface area contributed by atoms with Crippen molar-refractivity contribution in [1.82, 2.24) is 0 Å². The van der Waals surface area contributed by atoms with Gasteiger partial charge in [0.25, 0.3) is 0 Å². The topological polar surface area (TPSA) is 74.6 Å². The summed E-state index contributed by atoms with van der Waals surface area (Å²) >= 11 is 4.94. The van der Waals surface area contributed by atoms with Crippen LogP contribution >= 0.6 is 0 Å². The lowest BCUT2D eigenvalue weighted by atomic mass is 10.2. The molecule has 22 heavy (non-hydrogen) atoms. The number of carbonyl (C=O) groups is 2. The number of benzene rings is 2. The van der Waals surface area contributed by atoms with E-state index in [9.17, 15) is 19.8 Å². The summed E-state index contributed by atoms with van der Waals surface area (Å²) in [5, 5.41) is 18.7. The minimum absolute atomic E-state index is 0.155. The average molecular weight is 370 g/mol. The van der Waals surface area contributed by atoms with Crippen molar-refractivity contribution in [3.05, 3.63) is 59.7 Å². The Balaban J connectivity index is 2.81. The second-order valence-electron chi connectivity index (χ2n) is 4.01. The van der Waals surface area contributed by atoms with Gasteiger partial charge in [-0.25, -0.2) is 9.59 Å². The third-order valence-corrected chi connectivity index (χ3v) is 9.31. The molecular weight excluding hydrogens is 360 g/mol. The number of carboxylic acids is 2. The summed E-state index contributed by atoms with van der Waals surface area (Å²) in [7, 11) is 1.54. The molecule has 0 atom stereocenters. The Morgan fingerprint density at radius 2 is 1.27 bits per heavy atom. The molecule has 2 rings (SSSR count). The second kappa shape index (κ2) is 7.59. The Labute approximate surface area is 139 Å². The Hall–Kier alpha value is -1.61. The molecule has 2 N–H and O–H groups in total. The molecule has 0 aromatic heterocycles. The zero-order chi connectivity index (χ0) is 16.1. The Bertz CT molecular complexity index is 790. The third-order valence-electron chi connectivity index (χ3n) is 2.73. The van der Waals surface area contributed by atoms with Crippen molar-refractivity contribution in [2.45, 2.75) is 9.79 Å². The molecule has 0 amide bonds. The van der Waals surface area contributed by atoms with Gasteiger partial charge in [-0.15, -0.1) is 0 Å². The largest absolute Gasteiger partial charge is 0.478 e. The minimum Gasteiger partial charge on any atom is -0.478 e. The summed E-state index contributed by atoms with van der Waals surface area (Å²) in [6.45, 7) is 0. The highest BCUT2D eigenvalue weighted by Gasteiger charge is 2.18. The third kappa shape index (κ3) is 3.58. The van der Waals surface area contributed by atoms with E-state index in [-0.39, 0.29) is 11.1 Å². The first-order chi connectivity index (χ1) is 10.6. The monoisotopic (exact) mass is 370 g/mol. The van der Waals surface area contributed by atoms with Gasteiger partial charge in [-0.3, -0.25) is 0 Å². The van der Waals surface area contributed by atoms with E-state index in [4.69, 9.17) is 11.2 Å². The lowest BCUT2D eigenvalue weighted by Crippen LogP contribution is -2.08. The van der Waals surface area contributed by atoms with E-state index in [1.807, 2.05) is 0 Å². The maximum atomic E-state index is 11.4. The fraction of sp³-hybridized carbons (Fsp3) is 0. The summed E-state index contributed by atoms with van der Waals surface area (Å²) in [6.07, 6.45) is 0. The van der Waals surface area contributed by atoms with Crippen molar-refractivity contribution >= 4 is 50.3 Å². The molecule has 0 spiro atoms. The van der Waals surface area contributed by atoms with Gasteiger partial charge in [-0.1, -0.05) is 33.7 Å². The summed E-state index contributed by atoms with van der Waals surface area (Å²) in [5.41, 5.74) is 0.310. The molecule has 0 unspecified atom stereocenters. The van der Waals surface area contributed by atoms with Crippen LogP contribution in [0.25, 0.3) is 0 Å². The first-order valence-electron chi connectivity index (χ1n) is 5.92. The van der Waals surface area contributed by atoms with E-state index < -0.39 is 21.4 Å². The van der Waals surface area contributed by atoms with Crippen LogP contribution in [0.2, 0.25) is 0 Å². The fourth-order valence-electron chi connectivity index (χ4n) is 1.83. The zero-order valence-electron chi connectivity index (χ0n) is 11.0. The molecular formula is C14H10O4S4. The van der Waals surface area contributed by atoms with Gasteiger partial charge in [0.1, 0.15) is 0 Å². The van der Waals surface area contributed by atoms with Crippen molar-refractivity contribution < 1.29 is 19.8 Å². The SMILES string of the molecule is O=C(O)c1ccccc1S(=S=S=S)c1ccccc1C(=O)O. The van der Waals surface area contributed by atoms with Crippen LogP contribution in [0, 0.1) is 0 Å². The van der Waals surface area contributed by atoms with Gasteiger partial charge in [0.05, 0.1) is 11.1 Å². The maximum absolute atomic E-state index is 11.4. The predicted molar refractivity (Wildman–Crippen MR) is 92.8 cm³/mol. The van der Waals surface area contributed by atoms with Crippen LogP contribution in [0.15, 0.2) is 58.3 Å². The van der Waals surface area contributed by atoms with E-state index in [2.05, 4.69) is 0 Å². The standard InChI is InChI=1S/C14H10O4S4/c15-13(16)9-5-1-3-7-11(9)22(21-20-19)12-8-4-2-6-10(12)14(17)18/h1-8H,(H,15,16)(H,17,18). The van der Waals surface area contributed by atoms with E-state index >= 15 is 0 Å². The Morgan fingerprint density at radius 3 is 1.64 bits per heavy atom. The van der Waals surface area contributed by atoms with Crippen molar-refractivity contribution in [2.75, 3.05) is 0 Å². The van der Waals surface area contributed by atoms with Gasteiger partial charge < -0.3 is 10.2 Å². The Morgan fingerprint density at radius 1 is 0.864 bits per heavy atom.